The molecule has 1 aromatic heterocycles. The van der Waals surface area contributed by atoms with Crippen molar-refractivity contribution >= 4 is 17.5 Å². The highest BCUT2D eigenvalue weighted by Crippen LogP contribution is 2.25. The Morgan fingerprint density at radius 1 is 1.21 bits per heavy atom. The highest BCUT2D eigenvalue weighted by molar-refractivity contribution is 6.33. The van der Waals surface area contributed by atoms with Crippen LogP contribution >= 0.6 is 11.6 Å². The van der Waals surface area contributed by atoms with Crippen LogP contribution < -0.4 is 4.74 Å². The monoisotopic (exact) mass is 399 g/mol. The van der Waals surface area contributed by atoms with Gasteiger partial charge in [0.05, 0.1) is 11.6 Å². The number of aryl methyl sites for hydroxylation is 2. The van der Waals surface area contributed by atoms with Gasteiger partial charge >= 0.3 is 0 Å². The van der Waals surface area contributed by atoms with Crippen LogP contribution in [0.2, 0.25) is 5.02 Å². The van der Waals surface area contributed by atoms with Gasteiger partial charge in [-0.05, 0) is 56.2 Å². The summed E-state index contributed by atoms with van der Waals surface area (Å²) in [5.41, 5.74) is 2.85. The van der Waals surface area contributed by atoms with Crippen molar-refractivity contribution in [1.29, 1.82) is 0 Å². The molecule has 0 saturated heterocycles. The van der Waals surface area contributed by atoms with Crippen molar-refractivity contribution in [2.24, 2.45) is 0 Å². The first-order valence-corrected chi connectivity index (χ1v) is 9.28. The van der Waals surface area contributed by atoms with Crippen molar-refractivity contribution < 1.29 is 14.1 Å². The molecule has 0 saturated carbocycles. The number of amides is 1. The maximum Gasteiger partial charge on any atom is 0.263 e. The van der Waals surface area contributed by atoms with E-state index in [9.17, 15) is 4.79 Å². The lowest BCUT2D eigenvalue weighted by Gasteiger charge is -2.21. The average Bonchev–Trinajstić information content (AvgIpc) is 3.08. The molecule has 0 fully saturated rings. The van der Waals surface area contributed by atoms with E-state index in [0.717, 1.165) is 11.1 Å². The van der Waals surface area contributed by atoms with Crippen LogP contribution in [0, 0.1) is 13.8 Å². The fourth-order valence-electron chi connectivity index (χ4n) is 2.92. The molecule has 1 amide bonds. The van der Waals surface area contributed by atoms with E-state index in [1.54, 1.807) is 20.0 Å². The minimum absolute atomic E-state index is 0.177. The van der Waals surface area contributed by atoms with Crippen LogP contribution in [-0.2, 0) is 11.3 Å². The van der Waals surface area contributed by atoms with Gasteiger partial charge < -0.3 is 14.2 Å². The van der Waals surface area contributed by atoms with Gasteiger partial charge in [-0.25, -0.2) is 0 Å². The second kappa shape index (κ2) is 8.44. The number of likely N-dealkylation sites (N-methyl/N-ethyl adjacent to an activating group) is 1. The first-order chi connectivity index (χ1) is 13.3. The Kier molecular flexibility index (Phi) is 5.99. The first-order valence-electron chi connectivity index (χ1n) is 8.91. The van der Waals surface area contributed by atoms with Crippen LogP contribution in [-0.4, -0.2) is 34.1 Å². The number of nitrogens with zero attached hydrogens (tertiary/aromatic N) is 3. The lowest BCUT2D eigenvalue weighted by Crippen LogP contribution is -2.37. The maximum absolute atomic E-state index is 12.6. The largest absolute Gasteiger partial charge is 0.481 e. The van der Waals surface area contributed by atoms with Gasteiger partial charge in [-0.3, -0.25) is 4.79 Å². The predicted octanol–water partition coefficient (Wildman–Crippen LogP) is 4.43. The molecule has 7 heteroatoms. The smallest absolute Gasteiger partial charge is 0.263 e. The molecule has 0 aliphatic heterocycles. The van der Waals surface area contributed by atoms with E-state index in [1.807, 2.05) is 44.2 Å². The molecule has 6 nitrogen and oxygen atoms in total. The molecule has 0 N–H and O–H groups in total. The zero-order valence-corrected chi connectivity index (χ0v) is 17.0. The number of ether oxygens (including phenoxy) is 1. The molecule has 1 heterocycles. The van der Waals surface area contributed by atoms with E-state index in [4.69, 9.17) is 20.9 Å². The van der Waals surface area contributed by atoms with Crippen LogP contribution in [0.3, 0.4) is 0 Å². The summed E-state index contributed by atoms with van der Waals surface area (Å²) in [6, 6.07) is 13.1. The standard InChI is InChI=1S/C21H22ClN3O3/c1-13-9-14(2)11-16(10-13)27-15(3)21(26)25(4)12-19-23-20(24-28-19)17-7-5-6-8-18(17)22/h5-11,15H,12H2,1-4H3/t15-/m0/s1. The Bertz CT molecular complexity index is 966. The zero-order valence-electron chi connectivity index (χ0n) is 16.3. The first kappa shape index (κ1) is 19.9. The van der Waals surface area contributed by atoms with Crippen LogP contribution in [0.4, 0.5) is 0 Å². The summed E-state index contributed by atoms with van der Waals surface area (Å²) in [6.45, 7) is 5.88. The van der Waals surface area contributed by atoms with Crippen molar-refractivity contribution in [3.8, 4) is 17.1 Å². The quantitative estimate of drug-likeness (QED) is 0.613. The van der Waals surface area contributed by atoms with Crippen molar-refractivity contribution in [3.05, 3.63) is 64.5 Å². The van der Waals surface area contributed by atoms with E-state index in [-0.39, 0.29) is 12.5 Å². The third kappa shape index (κ3) is 4.70. The highest BCUT2D eigenvalue weighted by atomic mass is 35.5. The van der Waals surface area contributed by atoms with E-state index >= 15 is 0 Å². The molecular formula is C21H22ClN3O3. The Morgan fingerprint density at radius 3 is 2.57 bits per heavy atom. The minimum atomic E-state index is -0.642. The fourth-order valence-corrected chi connectivity index (χ4v) is 3.14. The van der Waals surface area contributed by atoms with Crippen molar-refractivity contribution in [2.75, 3.05) is 7.05 Å². The van der Waals surface area contributed by atoms with Crippen LogP contribution in [0.15, 0.2) is 47.0 Å². The normalized spacial score (nSPS) is 11.9. The molecule has 3 rings (SSSR count). The van der Waals surface area contributed by atoms with Crippen molar-refractivity contribution in [3.63, 3.8) is 0 Å². The third-order valence-electron chi connectivity index (χ3n) is 4.19. The Hall–Kier alpha value is -2.86. The maximum atomic E-state index is 12.6. The summed E-state index contributed by atoms with van der Waals surface area (Å²) in [5.74, 6) is 1.20. The molecule has 0 spiro atoms. The molecule has 0 aliphatic rings. The van der Waals surface area contributed by atoms with Gasteiger partial charge in [0.2, 0.25) is 11.7 Å². The Morgan fingerprint density at radius 2 is 1.89 bits per heavy atom. The SMILES string of the molecule is Cc1cc(C)cc(O[C@@H](C)C(=O)N(C)Cc2nc(-c3ccccc3Cl)no2)c1. The molecule has 0 bridgehead atoms. The molecule has 0 radical (unpaired) electrons. The minimum Gasteiger partial charge on any atom is -0.481 e. The summed E-state index contributed by atoms with van der Waals surface area (Å²) >= 11 is 6.16. The predicted molar refractivity (Wildman–Crippen MR) is 107 cm³/mol. The number of benzene rings is 2. The topological polar surface area (TPSA) is 68.5 Å². The summed E-state index contributed by atoms with van der Waals surface area (Å²) in [7, 11) is 1.67. The number of hydrogen-bond donors (Lipinski definition) is 0. The van der Waals surface area contributed by atoms with E-state index < -0.39 is 6.10 Å². The number of carbonyl (C=O) groups is 1. The number of halogens is 1. The second-order valence-corrected chi connectivity index (χ2v) is 7.18. The van der Waals surface area contributed by atoms with Gasteiger partial charge in [0.1, 0.15) is 5.75 Å². The van der Waals surface area contributed by atoms with E-state index in [2.05, 4.69) is 16.2 Å². The molecule has 3 aromatic rings. The molecule has 1 atom stereocenters. The number of hydrogen-bond acceptors (Lipinski definition) is 5. The Balaban J connectivity index is 1.65. The lowest BCUT2D eigenvalue weighted by molar-refractivity contribution is -0.137. The average molecular weight is 400 g/mol. The van der Waals surface area contributed by atoms with Gasteiger partial charge in [0.15, 0.2) is 6.10 Å². The van der Waals surface area contributed by atoms with E-state index in [0.29, 0.717) is 28.1 Å². The number of rotatable bonds is 6. The second-order valence-electron chi connectivity index (χ2n) is 6.77. The highest BCUT2D eigenvalue weighted by Gasteiger charge is 2.22. The molecule has 0 aliphatic carbocycles. The van der Waals surface area contributed by atoms with Gasteiger partial charge in [-0.1, -0.05) is 35.0 Å². The molecule has 28 heavy (non-hydrogen) atoms. The third-order valence-corrected chi connectivity index (χ3v) is 4.52. The fraction of sp³-hybridized carbons (Fsp3) is 0.286. The van der Waals surface area contributed by atoms with Crippen LogP contribution in [0.5, 0.6) is 5.75 Å². The molecular weight excluding hydrogens is 378 g/mol. The van der Waals surface area contributed by atoms with Crippen LogP contribution in [0.1, 0.15) is 23.9 Å². The summed E-state index contributed by atoms with van der Waals surface area (Å²) in [4.78, 5) is 18.5. The summed E-state index contributed by atoms with van der Waals surface area (Å²) in [5, 5.41) is 4.49. The molecule has 2 aromatic carbocycles. The van der Waals surface area contributed by atoms with Gasteiger partial charge in [0.25, 0.3) is 5.91 Å². The zero-order chi connectivity index (χ0) is 20.3. The summed E-state index contributed by atoms with van der Waals surface area (Å²) < 4.78 is 11.1. The summed E-state index contributed by atoms with van der Waals surface area (Å²) in [6.07, 6.45) is -0.642. The van der Waals surface area contributed by atoms with E-state index in [1.165, 1.54) is 4.90 Å². The van der Waals surface area contributed by atoms with Crippen molar-refractivity contribution in [1.82, 2.24) is 15.0 Å². The molecule has 0 unspecified atom stereocenters. The van der Waals surface area contributed by atoms with Gasteiger partial charge in [0, 0.05) is 12.6 Å². The molecule has 146 valence electrons. The van der Waals surface area contributed by atoms with Gasteiger partial charge in [-0.15, -0.1) is 0 Å². The lowest BCUT2D eigenvalue weighted by atomic mass is 10.1. The van der Waals surface area contributed by atoms with Gasteiger partial charge in [-0.2, -0.15) is 4.98 Å². The van der Waals surface area contributed by atoms with Crippen LogP contribution in [0.25, 0.3) is 11.4 Å². The van der Waals surface area contributed by atoms with Crippen molar-refractivity contribution in [2.45, 2.75) is 33.4 Å². The number of carbonyl (C=O) groups excluding carboxylic acids is 1. The Labute approximate surface area is 169 Å². The number of aromatic nitrogens is 2.